The average molecular weight is 350 g/mol. The number of benzene rings is 1. The summed E-state index contributed by atoms with van der Waals surface area (Å²) < 4.78 is 8.75. The Morgan fingerprint density at radius 1 is 1.48 bits per heavy atom. The zero-order valence-electron chi connectivity index (χ0n) is 12.1. The first kappa shape index (κ1) is 14.6. The highest BCUT2D eigenvalue weighted by Crippen LogP contribution is 2.41. The van der Waals surface area contributed by atoms with Crippen molar-refractivity contribution in [2.45, 2.75) is 38.3 Å². The predicted molar refractivity (Wildman–Crippen MR) is 86.4 cm³/mol. The maximum atomic E-state index is 6.61. The van der Waals surface area contributed by atoms with E-state index in [0.29, 0.717) is 0 Å². The highest BCUT2D eigenvalue weighted by molar-refractivity contribution is 9.10. The fourth-order valence-electron chi connectivity index (χ4n) is 3.03. The molecule has 0 saturated carbocycles. The van der Waals surface area contributed by atoms with Crippen LogP contribution in [0.2, 0.25) is 0 Å². The molecule has 2 unspecified atom stereocenters. The fourth-order valence-corrected chi connectivity index (χ4v) is 3.59. The summed E-state index contributed by atoms with van der Waals surface area (Å²) in [6, 6.07) is 8.11. The molecule has 1 aliphatic heterocycles. The van der Waals surface area contributed by atoms with Crippen molar-refractivity contribution >= 4 is 15.9 Å². The number of rotatable bonds is 4. The Balaban J connectivity index is 1.96. The van der Waals surface area contributed by atoms with E-state index in [1.165, 1.54) is 5.56 Å². The van der Waals surface area contributed by atoms with Gasteiger partial charge >= 0.3 is 0 Å². The van der Waals surface area contributed by atoms with Crippen LogP contribution in [0.5, 0.6) is 5.75 Å². The Kier molecular flexibility index (Phi) is 4.31. The van der Waals surface area contributed by atoms with E-state index in [9.17, 15) is 0 Å². The van der Waals surface area contributed by atoms with Gasteiger partial charge in [0.2, 0.25) is 0 Å². The molecule has 0 amide bonds. The summed E-state index contributed by atoms with van der Waals surface area (Å²) in [5.74, 6) is 1.22. The Labute approximate surface area is 133 Å². The fraction of sp³-hybridized carbons (Fsp3) is 0.438. The van der Waals surface area contributed by atoms with Crippen LogP contribution < -0.4 is 10.5 Å². The summed E-state index contributed by atoms with van der Waals surface area (Å²) in [4.78, 5) is 0. The SMILES string of the molecule is CCCn1ncc(Br)c1C(N)C1CCOc2ccccc21. The molecule has 21 heavy (non-hydrogen) atoms. The number of aromatic nitrogens is 2. The molecule has 1 aromatic heterocycles. The molecule has 0 spiro atoms. The molecule has 5 heteroatoms. The molecule has 1 aliphatic rings. The average Bonchev–Trinajstić information content (AvgIpc) is 2.87. The molecule has 2 heterocycles. The minimum atomic E-state index is -0.0847. The number of fused-ring (bicyclic) bond motifs is 1. The van der Waals surface area contributed by atoms with Crippen molar-refractivity contribution < 1.29 is 4.74 Å². The van der Waals surface area contributed by atoms with E-state index in [0.717, 1.165) is 41.9 Å². The van der Waals surface area contributed by atoms with E-state index >= 15 is 0 Å². The zero-order chi connectivity index (χ0) is 14.8. The van der Waals surface area contributed by atoms with E-state index < -0.39 is 0 Å². The second-order valence-electron chi connectivity index (χ2n) is 5.41. The predicted octanol–water partition coefficient (Wildman–Crippen LogP) is 3.62. The van der Waals surface area contributed by atoms with E-state index in [-0.39, 0.29) is 12.0 Å². The number of aryl methyl sites for hydroxylation is 1. The monoisotopic (exact) mass is 349 g/mol. The highest BCUT2D eigenvalue weighted by atomic mass is 79.9. The van der Waals surface area contributed by atoms with Gasteiger partial charge < -0.3 is 10.5 Å². The van der Waals surface area contributed by atoms with Gasteiger partial charge in [-0.15, -0.1) is 0 Å². The van der Waals surface area contributed by atoms with E-state index in [1.807, 2.05) is 29.1 Å². The lowest BCUT2D eigenvalue weighted by Gasteiger charge is -2.30. The van der Waals surface area contributed by atoms with E-state index in [1.54, 1.807) is 0 Å². The van der Waals surface area contributed by atoms with Crippen molar-refractivity contribution in [2.24, 2.45) is 5.73 Å². The lowest BCUT2D eigenvalue weighted by atomic mass is 9.85. The van der Waals surface area contributed by atoms with Crippen LogP contribution >= 0.6 is 15.9 Å². The van der Waals surface area contributed by atoms with Crippen molar-refractivity contribution in [3.63, 3.8) is 0 Å². The zero-order valence-corrected chi connectivity index (χ0v) is 13.7. The lowest BCUT2D eigenvalue weighted by Crippen LogP contribution is -2.27. The third-order valence-corrected chi connectivity index (χ3v) is 4.63. The lowest BCUT2D eigenvalue weighted by molar-refractivity contribution is 0.253. The molecule has 0 saturated heterocycles. The van der Waals surface area contributed by atoms with Gasteiger partial charge in [0.25, 0.3) is 0 Å². The van der Waals surface area contributed by atoms with Crippen LogP contribution in [0.1, 0.15) is 43.0 Å². The molecule has 0 aliphatic carbocycles. The van der Waals surface area contributed by atoms with Crippen LogP contribution in [0.25, 0.3) is 0 Å². The van der Waals surface area contributed by atoms with Crippen molar-refractivity contribution in [1.29, 1.82) is 0 Å². The summed E-state index contributed by atoms with van der Waals surface area (Å²) in [7, 11) is 0. The largest absolute Gasteiger partial charge is 0.493 e. The molecule has 1 aromatic carbocycles. The van der Waals surface area contributed by atoms with E-state index in [2.05, 4.69) is 34.0 Å². The van der Waals surface area contributed by atoms with Gasteiger partial charge in [-0.3, -0.25) is 4.68 Å². The van der Waals surface area contributed by atoms with Gasteiger partial charge in [-0.05, 0) is 40.4 Å². The quantitative estimate of drug-likeness (QED) is 0.916. The molecule has 3 rings (SSSR count). The number of para-hydroxylation sites is 1. The molecule has 0 fully saturated rings. The summed E-state index contributed by atoms with van der Waals surface area (Å²) in [5, 5.41) is 4.44. The van der Waals surface area contributed by atoms with Gasteiger partial charge in [0.15, 0.2) is 0 Å². The molecular weight excluding hydrogens is 330 g/mol. The summed E-state index contributed by atoms with van der Waals surface area (Å²) in [6.07, 6.45) is 3.82. The summed E-state index contributed by atoms with van der Waals surface area (Å²) in [6.45, 7) is 3.75. The number of hydrogen-bond donors (Lipinski definition) is 1. The molecule has 0 radical (unpaired) electrons. The smallest absolute Gasteiger partial charge is 0.122 e. The third kappa shape index (κ3) is 2.72. The Bertz CT molecular complexity index is 626. The van der Waals surface area contributed by atoms with Crippen LogP contribution in [0.15, 0.2) is 34.9 Å². The van der Waals surface area contributed by atoms with Gasteiger partial charge in [0, 0.05) is 12.5 Å². The second kappa shape index (κ2) is 6.20. The third-order valence-electron chi connectivity index (χ3n) is 4.02. The first-order valence-corrected chi connectivity index (χ1v) is 8.20. The number of hydrogen-bond acceptors (Lipinski definition) is 3. The summed E-state index contributed by atoms with van der Waals surface area (Å²) >= 11 is 3.60. The molecule has 112 valence electrons. The minimum absolute atomic E-state index is 0.0847. The number of nitrogens with two attached hydrogens (primary N) is 1. The van der Waals surface area contributed by atoms with Crippen LogP contribution in [-0.2, 0) is 6.54 Å². The highest BCUT2D eigenvalue weighted by Gasteiger charge is 2.30. The normalized spacial score (nSPS) is 18.9. The molecule has 2 atom stereocenters. The van der Waals surface area contributed by atoms with Crippen molar-refractivity contribution in [2.75, 3.05) is 6.61 Å². The Hall–Kier alpha value is -1.33. The van der Waals surface area contributed by atoms with Crippen molar-refractivity contribution in [1.82, 2.24) is 9.78 Å². The van der Waals surface area contributed by atoms with Gasteiger partial charge in [0.05, 0.1) is 29.0 Å². The van der Waals surface area contributed by atoms with Crippen LogP contribution in [0, 0.1) is 0 Å². The standard InChI is InChI=1S/C16H20BrN3O/c1-2-8-20-16(13(17)10-19-20)15(18)12-7-9-21-14-6-4-3-5-11(12)14/h3-6,10,12,15H,2,7-9,18H2,1H3. The first-order chi connectivity index (χ1) is 10.2. The Morgan fingerprint density at radius 2 is 2.29 bits per heavy atom. The van der Waals surface area contributed by atoms with Crippen molar-refractivity contribution in [3.05, 3.63) is 46.2 Å². The van der Waals surface area contributed by atoms with Gasteiger partial charge in [0.1, 0.15) is 5.75 Å². The maximum Gasteiger partial charge on any atom is 0.122 e. The minimum Gasteiger partial charge on any atom is -0.493 e. The van der Waals surface area contributed by atoms with Gasteiger partial charge in [-0.25, -0.2) is 0 Å². The number of nitrogens with zero attached hydrogens (tertiary/aromatic N) is 2. The Morgan fingerprint density at radius 3 is 3.10 bits per heavy atom. The first-order valence-electron chi connectivity index (χ1n) is 7.41. The number of halogens is 1. The summed E-state index contributed by atoms with van der Waals surface area (Å²) in [5.41, 5.74) is 8.90. The molecule has 2 aromatic rings. The van der Waals surface area contributed by atoms with Crippen molar-refractivity contribution in [3.8, 4) is 5.75 Å². The molecule has 0 bridgehead atoms. The van der Waals surface area contributed by atoms with Crippen LogP contribution in [0.4, 0.5) is 0 Å². The molecular formula is C16H20BrN3O. The topological polar surface area (TPSA) is 53.1 Å². The van der Waals surface area contributed by atoms with Crippen LogP contribution in [0.3, 0.4) is 0 Å². The van der Waals surface area contributed by atoms with E-state index in [4.69, 9.17) is 10.5 Å². The van der Waals surface area contributed by atoms with Crippen LogP contribution in [-0.4, -0.2) is 16.4 Å². The molecule has 4 nitrogen and oxygen atoms in total. The maximum absolute atomic E-state index is 6.61. The van der Waals surface area contributed by atoms with Gasteiger partial charge in [-0.1, -0.05) is 25.1 Å². The number of ether oxygens (including phenoxy) is 1. The molecule has 2 N–H and O–H groups in total. The van der Waals surface area contributed by atoms with Gasteiger partial charge in [-0.2, -0.15) is 5.10 Å². The second-order valence-corrected chi connectivity index (χ2v) is 6.26.